The Morgan fingerprint density at radius 3 is 1.70 bits per heavy atom. The van der Waals surface area contributed by atoms with Gasteiger partial charge in [-0.25, -0.2) is 4.79 Å². The number of hydrogen-bond acceptors (Lipinski definition) is 8. The van der Waals surface area contributed by atoms with Gasteiger partial charge in [0.15, 0.2) is 6.10 Å². The number of carbonyl (C=O) groups excluding carboxylic acids is 2. The van der Waals surface area contributed by atoms with Gasteiger partial charge >= 0.3 is 71.1 Å². The van der Waals surface area contributed by atoms with Crippen molar-refractivity contribution in [1.29, 1.82) is 0 Å². The smallest absolute Gasteiger partial charge is 0.790 e. The number of unbranched alkanes of at least 4 members (excludes halogenated alkanes) is 12. The number of phosphoric acid groups is 1. The van der Waals surface area contributed by atoms with E-state index in [4.69, 9.17) is 9.47 Å². The van der Waals surface area contributed by atoms with Crippen LogP contribution in [-0.4, -0.2) is 31.3 Å². The van der Waals surface area contributed by atoms with Crippen LogP contribution in [0.25, 0.3) is 0 Å². The van der Waals surface area contributed by atoms with E-state index in [-0.39, 0.29) is 65.5 Å². The first-order valence-electron chi connectivity index (χ1n) is 13.2. The van der Waals surface area contributed by atoms with Crippen molar-refractivity contribution in [3.8, 4) is 47.4 Å². The molecule has 0 aliphatic heterocycles. The van der Waals surface area contributed by atoms with Gasteiger partial charge in [-0.05, 0) is 48.9 Å². The maximum atomic E-state index is 12.1. The fourth-order valence-corrected chi connectivity index (χ4v) is 3.65. The van der Waals surface area contributed by atoms with Crippen LogP contribution in [0.1, 0.15) is 104 Å². The molecule has 8 nitrogen and oxygen atoms in total. The van der Waals surface area contributed by atoms with Crippen LogP contribution in [0.2, 0.25) is 0 Å². The van der Waals surface area contributed by atoms with E-state index in [0.717, 1.165) is 19.3 Å². The number of rotatable bonds is 20. The maximum absolute atomic E-state index is 12.1. The quantitative estimate of drug-likeness (QED) is 0.0390. The van der Waals surface area contributed by atoms with E-state index >= 15 is 0 Å². The Morgan fingerprint density at radius 2 is 1.20 bits per heavy atom. The molecule has 0 fully saturated rings. The Bertz CT molecular complexity index is 980. The van der Waals surface area contributed by atoms with Crippen LogP contribution in [0.4, 0.5) is 0 Å². The molecule has 0 aliphatic rings. The summed E-state index contributed by atoms with van der Waals surface area (Å²) in [6.45, 7) is 2.56. The molecular formula is C29H39Na2O8P. The van der Waals surface area contributed by atoms with E-state index in [1.54, 1.807) is 6.92 Å². The third kappa shape index (κ3) is 33.5. The molecule has 0 aliphatic carbocycles. The number of phosphoric ester groups is 1. The summed E-state index contributed by atoms with van der Waals surface area (Å²) in [6, 6.07) is 0. The van der Waals surface area contributed by atoms with Gasteiger partial charge in [0.1, 0.15) is 6.61 Å². The Labute approximate surface area is 285 Å². The fraction of sp³-hybridized carbons (Fsp3) is 0.655. The van der Waals surface area contributed by atoms with Gasteiger partial charge < -0.3 is 28.3 Å². The molecule has 0 rings (SSSR count). The third-order valence-electron chi connectivity index (χ3n) is 5.20. The van der Waals surface area contributed by atoms with E-state index in [0.29, 0.717) is 6.42 Å². The minimum atomic E-state index is -5.30. The number of ether oxygens (including phenoxy) is 2. The molecule has 11 heteroatoms. The summed E-state index contributed by atoms with van der Waals surface area (Å²) in [5, 5.41) is 0. The summed E-state index contributed by atoms with van der Waals surface area (Å²) >= 11 is 0. The van der Waals surface area contributed by atoms with E-state index in [1.807, 2.05) is 0 Å². The van der Waals surface area contributed by atoms with Crippen LogP contribution in [0.5, 0.6) is 0 Å². The van der Waals surface area contributed by atoms with Crippen molar-refractivity contribution in [2.45, 2.75) is 110 Å². The van der Waals surface area contributed by atoms with Crippen molar-refractivity contribution in [3.63, 3.8) is 0 Å². The Hall–Kier alpha value is -0.710. The largest absolute Gasteiger partial charge is 1.00 e. The molecule has 0 saturated carbocycles. The van der Waals surface area contributed by atoms with Gasteiger partial charge in [-0.15, -0.1) is 0 Å². The van der Waals surface area contributed by atoms with Gasteiger partial charge in [-0.3, -0.25) is 4.79 Å². The molecule has 0 aromatic heterocycles. The van der Waals surface area contributed by atoms with E-state index in [9.17, 15) is 23.9 Å². The molecule has 0 aromatic carbocycles. The predicted octanol–water partition coefficient (Wildman–Crippen LogP) is -2.19. The predicted molar refractivity (Wildman–Crippen MR) is 141 cm³/mol. The van der Waals surface area contributed by atoms with Crippen molar-refractivity contribution < 1.29 is 97.1 Å². The normalized spacial score (nSPS) is 10.2. The maximum Gasteiger partial charge on any atom is 1.00 e. The zero-order chi connectivity index (χ0) is 28.3. The van der Waals surface area contributed by atoms with Gasteiger partial charge in [-0.2, -0.15) is 0 Å². The Morgan fingerprint density at radius 1 is 0.725 bits per heavy atom. The average Bonchev–Trinajstić information content (AvgIpc) is 2.87. The summed E-state index contributed by atoms with van der Waals surface area (Å²) in [7, 11) is -5.30. The Balaban J connectivity index is -0.00000684. The second-order valence-electron chi connectivity index (χ2n) is 8.57. The minimum Gasteiger partial charge on any atom is -0.790 e. The van der Waals surface area contributed by atoms with Gasteiger partial charge in [-0.1, -0.05) is 89.9 Å². The number of carbonyl (C=O) groups is 2. The van der Waals surface area contributed by atoms with Crippen LogP contribution >= 0.6 is 7.82 Å². The zero-order valence-electron chi connectivity index (χ0n) is 24.6. The van der Waals surface area contributed by atoms with Crippen LogP contribution in [-0.2, 0) is 28.2 Å². The molecule has 0 spiro atoms. The van der Waals surface area contributed by atoms with Crippen molar-refractivity contribution in [2.75, 3.05) is 13.2 Å². The van der Waals surface area contributed by atoms with Crippen molar-refractivity contribution in [1.82, 2.24) is 0 Å². The minimum absolute atomic E-state index is 0. The monoisotopic (exact) mass is 592 g/mol. The van der Waals surface area contributed by atoms with Gasteiger partial charge in [0, 0.05) is 12.3 Å². The molecule has 1 atom stereocenters. The molecule has 0 radical (unpaired) electrons. The average molecular weight is 593 g/mol. The zero-order valence-corrected chi connectivity index (χ0v) is 29.5. The molecule has 0 aromatic rings. The van der Waals surface area contributed by atoms with Crippen molar-refractivity contribution in [2.24, 2.45) is 0 Å². The van der Waals surface area contributed by atoms with Crippen molar-refractivity contribution >= 4 is 19.8 Å². The van der Waals surface area contributed by atoms with E-state index < -0.39 is 39.1 Å². The molecule has 0 unspecified atom stereocenters. The van der Waals surface area contributed by atoms with E-state index in [1.165, 1.54) is 57.8 Å². The SMILES string of the molecule is CC#CC#CC#CC#CC(=O)OC[C@@H](COP(=O)([O-])[O-])OC(=O)CCCCCCCCCCCCCCC.[Na+].[Na+]. The topological polar surface area (TPSA) is 125 Å². The fourth-order valence-electron chi connectivity index (χ4n) is 3.30. The van der Waals surface area contributed by atoms with Crippen LogP contribution in [0, 0.1) is 47.4 Å². The molecule has 0 saturated heterocycles. The van der Waals surface area contributed by atoms with Gasteiger partial charge in [0.25, 0.3) is 0 Å². The summed E-state index contributed by atoms with van der Waals surface area (Å²) < 4.78 is 24.9. The van der Waals surface area contributed by atoms with Crippen molar-refractivity contribution in [3.05, 3.63) is 0 Å². The van der Waals surface area contributed by atoms with E-state index in [2.05, 4.69) is 58.8 Å². The molecule has 0 bridgehead atoms. The standard InChI is InChI=1S/C29H41O8P.2Na/c1-3-5-7-9-11-12-13-14-15-16-18-20-22-24-29(31)37-27(26-36-38(32,33)34)25-35-28(30)23-21-19-17-10-8-6-4-2;;/h27H,3,5,7,9,11-16,18,20,22,24-26H2,1-2H3,(H2,32,33,34);;/q;2*+1/p-2/t27-;;/m0../s1. The van der Waals surface area contributed by atoms with Crippen LogP contribution < -0.4 is 68.9 Å². The first-order chi connectivity index (χ1) is 18.3. The molecule has 40 heavy (non-hydrogen) atoms. The summed E-state index contributed by atoms with van der Waals surface area (Å²) in [5.41, 5.74) is 0. The third-order valence-corrected chi connectivity index (χ3v) is 5.67. The van der Waals surface area contributed by atoms with Gasteiger partial charge in [0.2, 0.25) is 0 Å². The molecule has 0 heterocycles. The molecular weight excluding hydrogens is 553 g/mol. The molecule has 0 N–H and O–H groups in total. The first kappa shape index (κ1) is 43.7. The molecule has 210 valence electrons. The number of esters is 2. The first-order valence-corrected chi connectivity index (χ1v) is 14.7. The summed E-state index contributed by atoms with van der Waals surface area (Å²) in [5.74, 6) is 17.3. The summed E-state index contributed by atoms with van der Waals surface area (Å²) in [4.78, 5) is 45.4. The van der Waals surface area contributed by atoms with Crippen LogP contribution in [0.3, 0.4) is 0 Å². The van der Waals surface area contributed by atoms with Gasteiger partial charge in [0.05, 0.1) is 14.4 Å². The number of hydrogen-bond donors (Lipinski definition) is 0. The molecule has 0 amide bonds. The Kier molecular flexibility index (Phi) is 34.2. The second kappa shape index (κ2) is 31.2. The summed E-state index contributed by atoms with van der Waals surface area (Å²) in [6.07, 6.45) is 14.1. The second-order valence-corrected chi connectivity index (χ2v) is 9.72. The van der Waals surface area contributed by atoms with Crippen LogP contribution in [0.15, 0.2) is 0 Å².